The van der Waals surface area contributed by atoms with Crippen LogP contribution in [0.15, 0.2) is 42.5 Å². The van der Waals surface area contributed by atoms with Crippen molar-refractivity contribution in [2.45, 2.75) is 0 Å². The van der Waals surface area contributed by atoms with E-state index in [-0.39, 0.29) is 0 Å². The van der Waals surface area contributed by atoms with E-state index in [4.69, 9.17) is 23.2 Å². The van der Waals surface area contributed by atoms with E-state index in [1.54, 1.807) is 18.2 Å². The monoisotopic (exact) mass is 236 g/mol. The van der Waals surface area contributed by atoms with Gasteiger partial charge in [-0.3, -0.25) is 0 Å². The topological polar surface area (TPSA) is 12.0 Å². The number of hydrogen-bond acceptors (Lipinski definition) is 1. The quantitative estimate of drug-likeness (QED) is 0.808. The molecule has 1 N–H and O–H groups in total. The number of rotatable bonds is 2. The molecule has 1 radical (unpaired) electrons. The molecule has 1 nitrogen and oxygen atoms in total. The zero-order chi connectivity index (χ0) is 10.7. The Balaban J connectivity index is 2.22. The van der Waals surface area contributed by atoms with Crippen LogP contribution in [0.2, 0.25) is 10.0 Å². The van der Waals surface area contributed by atoms with Crippen LogP contribution in [-0.4, -0.2) is 0 Å². The Morgan fingerprint density at radius 3 is 2.40 bits per heavy atom. The van der Waals surface area contributed by atoms with E-state index in [0.717, 1.165) is 11.4 Å². The molecule has 0 aliphatic heterocycles. The second kappa shape index (κ2) is 4.56. The Labute approximate surface area is 98.6 Å². The fraction of sp³-hybridized carbons (Fsp3) is 0. The Bertz CT molecular complexity index is 451. The molecular formula is C12H8Cl2N. The van der Waals surface area contributed by atoms with E-state index in [9.17, 15) is 0 Å². The normalized spacial score (nSPS) is 10.0. The summed E-state index contributed by atoms with van der Waals surface area (Å²) in [5, 5.41) is 4.56. The maximum absolute atomic E-state index is 6.00. The highest BCUT2D eigenvalue weighted by Crippen LogP contribution is 2.25. The minimum atomic E-state index is 0.670. The highest BCUT2D eigenvalue weighted by molar-refractivity contribution is 6.33. The highest BCUT2D eigenvalue weighted by atomic mass is 35.5. The molecule has 0 saturated heterocycles. The Hall–Kier alpha value is -1.18. The van der Waals surface area contributed by atoms with Crippen LogP contribution in [0.1, 0.15) is 0 Å². The van der Waals surface area contributed by atoms with Gasteiger partial charge >= 0.3 is 0 Å². The maximum atomic E-state index is 6.00. The third kappa shape index (κ3) is 2.65. The van der Waals surface area contributed by atoms with Gasteiger partial charge in [-0.15, -0.1) is 0 Å². The van der Waals surface area contributed by atoms with Gasteiger partial charge in [-0.25, -0.2) is 0 Å². The Morgan fingerprint density at radius 2 is 1.73 bits per heavy atom. The summed E-state index contributed by atoms with van der Waals surface area (Å²) in [7, 11) is 0. The summed E-state index contributed by atoms with van der Waals surface area (Å²) in [6, 6.07) is 15.8. The van der Waals surface area contributed by atoms with Gasteiger partial charge in [0, 0.05) is 10.7 Å². The molecule has 0 bridgehead atoms. The lowest BCUT2D eigenvalue weighted by molar-refractivity contribution is 1.54. The third-order valence-electron chi connectivity index (χ3n) is 1.93. The van der Waals surface area contributed by atoms with Crippen molar-refractivity contribution in [2.24, 2.45) is 0 Å². The molecule has 0 aliphatic carbocycles. The van der Waals surface area contributed by atoms with Crippen molar-refractivity contribution in [2.75, 3.05) is 5.32 Å². The van der Waals surface area contributed by atoms with Crippen LogP contribution >= 0.6 is 23.2 Å². The van der Waals surface area contributed by atoms with Gasteiger partial charge in [0.25, 0.3) is 0 Å². The van der Waals surface area contributed by atoms with E-state index in [2.05, 4.69) is 11.4 Å². The van der Waals surface area contributed by atoms with Crippen molar-refractivity contribution in [1.82, 2.24) is 0 Å². The summed E-state index contributed by atoms with van der Waals surface area (Å²) in [5.41, 5.74) is 1.78. The van der Waals surface area contributed by atoms with Crippen LogP contribution in [0.5, 0.6) is 0 Å². The minimum Gasteiger partial charge on any atom is -0.354 e. The molecule has 0 unspecified atom stereocenters. The van der Waals surface area contributed by atoms with Crippen molar-refractivity contribution >= 4 is 34.6 Å². The van der Waals surface area contributed by atoms with E-state index in [0.29, 0.717) is 10.0 Å². The van der Waals surface area contributed by atoms with Crippen LogP contribution in [0.3, 0.4) is 0 Å². The fourth-order valence-electron chi connectivity index (χ4n) is 1.20. The lowest BCUT2D eigenvalue weighted by Gasteiger charge is -2.07. The maximum Gasteiger partial charge on any atom is 0.0641 e. The first kappa shape index (κ1) is 10.3. The summed E-state index contributed by atoms with van der Waals surface area (Å²) in [4.78, 5) is 0. The molecule has 0 atom stereocenters. The molecule has 75 valence electrons. The molecule has 0 heterocycles. The molecule has 0 fully saturated rings. The lowest BCUT2D eigenvalue weighted by atomic mass is 10.2. The van der Waals surface area contributed by atoms with E-state index in [1.807, 2.05) is 24.3 Å². The first-order valence-corrected chi connectivity index (χ1v) is 5.19. The van der Waals surface area contributed by atoms with E-state index < -0.39 is 0 Å². The molecule has 0 aromatic heterocycles. The summed E-state index contributed by atoms with van der Waals surface area (Å²) in [6.07, 6.45) is 0. The smallest absolute Gasteiger partial charge is 0.0641 e. The van der Waals surface area contributed by atoms with Crippen LogP contribution in [0.4, 0.5) is 11.4 Å². The SMILES string of the molecule is Clc1ccc(Nc2c[c]ccc2Cl)cc1. The zero-order valence-electron chi connectivity index (χ0n) is 7.80. The molecular weight excluding hydrogens is 229 g/mol. The summed E-state index contributed by atoms with van der Waals surface area (Å²) in [5.74, 6) is 0. The van der Waals surface area contributed by atoms with Crippen molar-refractivity contribution in [3.05, 3.63) is 58.6 Å². The first-order chi connectivity index (χ1) is 7.25. The fourth-order valence-corrected chi connectivity index (χ4v) is 1.49. The molecule has 15 heavy (non-hydrogen) atoms. The number of benzene rings is 2. The molecule has 3 heteroatoms. The second-order valence-corrected chi connectivity index (χ2v) is 3.88. The summed E-state index contributed by atoms with van der Waals surface area (Å²) >= 11 is 11.8. The van der Waals surface area contributed by atoms with Gasteiger partial charge in [-0.1, -0.05) is 29.3 Å². The van der Waals surface area contributed by atoms with Gasteiger partial charge in [-0.2, -0.15) is 0 Å². The predicted molar refractivity (Wildman–Crippen MR) is 65.0 cm³/mol. The van der Waals surface area contributed by atoms with Crippen molar-refractivity contribution in [3.63, 3.8) is 0 Å². The van der Waals surface area contributed by atoms with Crippen molar-refractivity contribution in [3.8, 4) is 0 Å². The van der Waals surface area contributed by atoms with E-state index >= 15 is 0 Å². The number of halogens is 2. The molecule has 2 rings (SSSR count). The lowest BCUT2D eigenvalue weighted by Crippen LogP contribution is -1.90. The van der Waals surface area contributed by atoms with E-state index in [1.165, 1.54) is 0 Å². The number of anilines is 2. The van der Waals surface area contributed by atoms with Gasteiger partial charge < -0.3 is 5.32 Å². The largest absolute Gasteiger partial charge is 0.354 e. The van der Waals surface area contributed by atoms with Crippen LogP contribution < -0.4 is 5.32 Å². The minimum absolute atomic E-state index is 0.670. The average molecular weight is 237 g/mol. The van der Waals surface area contributed by atoms with Gasteiger partial charge in [-0.05, 0) is 42.5 Å². The predicted octanol–water partition coefficient (Wildman–Crippen LogP) is 4.54. The molecule has 0 amide bonds. The third-order valence-corrected chi connectivity index (χ3v) is 2.52. The number of hydrogen-bond donors (Lipinski definition) is 1. The summed E-state index contributed by atoms with van der Waals surface area (Å²) < 4.78 is 0. The van der Waals surface area contributed by atoms with Crippen LogP contribution in [0.25, 0.3) is 0 Å². The van der Waals surface area contributed by atoms with Gasteiger partial charge in [0.05, 0.1) is 10.7 Å². The van der Waals surface area contributed by atoms with Crippen molar-refractivity contribution < 1.29 is 0 Å². The Morgan fingerprint density at radius 1 is 1.00 bits per heavy atom. The molecule has 0 aliphatic rings. The highest BCUT2D eigenvalue weighted by Gasteiger charge is 1.98. The Kier molecular flexibility index (Phi) is 3.14. The molecule has 0 spiro atoms. The molecule has 2 aromatic carbocycles. The average Bonchev–Trinajstić information content (AvgIpc) is 2.25. The van der Waals surface area contributed by atoms with Crippen LogP contribution in [-0.2, 0) is 0 Å². The van der Waals surface area contributed by atoms with Crippen molar-refractivity contribution in [1.29, 1.82) is 0 Å². The van der Waals surface area contributed by atoms with Gasteiger partial charge in [0.15, 0.2) is 0 Å². The van der Waals surface area contributed by atoms with Crippen LogP contribution in [0, 0.1) is 6.07 Å². The first-order valence-electron chi connectivity index (χ1n) is 4.44. The van der Waals surface area contributed by atoms with Gasteiger partial charge in [0.1, 0.15) is 0 Å². The zero-order valence-corrected chi connectivity index (χ0v) is 9.31. The number of nitrogens with one attached hydrogen (secondary N) is 1. The standard InChI is InChI=1S/C12H8Cl2N/c13-9-5-7-10(8-6-9)15-12-4-2-1-3-11(12)14/h1,3-8,15H. The summed E-state index contributed by atoms with van der Waals surface area (Å²) in [6.45, 7) is 0. The van der Waals surface area contributed by atoms with Gasteiger partial charge in [0.2, 0.25) is 0 Å². The molecule has 2 aromatic rings. The second-order valence-electron chi connectivity index (χ2n) is 3.04. The molecule has 0 saturated carbocycles.